The first-order chi connectivity index (χ1) is 8.83. The van der Waals surface area contributed by atoms with Gasteiger partial charge in [-0.3, -0.25) is 4.98 Å². The number of thiazole rings is 1. The van der Waals surface area contributed by atoms with E-state index < -0.39 is 0 Å². The summed E-state index contributed by atoms with van der Waals surface area (Å²) in [5.74, 6) is 0.769. The van der Waals surface area contributed by atoms with Gasteiger partial charge in [0.05, 0.1) is 5.38 Å². The molecule has 0 aliphatic heterocycles. The number of rotatable bonds is 3. The lowest BCUT2D eigenvalue weighted by molar-refractivity contribution is 0.203. The maximum atomic E-state index is 5.90. The van der Waals surface area contributed by atoms with Crippen LogP contribution >= 0.6 is 11.3 Å². The van der Waals surface area contributed by atoms with Crippen LogP contribution in [0, 0.1) is 6.92 Å². The molecule has 2 aromatic heterocycles. The summed E-state index contributed by atoms with van der Waals surface area (Å²) in [6.07, 6.45) is 8.94. The highest BCUT2D eigenvalue weighted by Crippen LogP contribution is 2.30. The van der Waals surface area contributed by atoms with E-state index in [1.54, 1.807) is 11.3 Å². The molecule has 0 unspecified atom stereocenters. The van der Waals surface area contributed by atoms with E-state index >= 15 is 0 Å². The third-order valence-electron chi connectivity index (χ3n) is 3.34. The Morgan fingerprint density at radius 2 is 2.17 bits per heavy atom. The molecule has 0 saturated heterocycles. The number of nitrogens with zero attached hydrogens (tertiary/aromatic N) is 2. The number of hydrogen-bond acceptors (Lipinski definition) is 4. The lowest BCUT2D eigenvalue weighted by Crippen LogP contribution is -2.10. The molecule has 1 aliphatic rings. The van der Waals surface area contributed by atoms with Gasteiger partial charge in [-0.05, 0) is 44.2 Å². The van der Waals surface area contributed by atoms with E-state index in [1.165, 1.54) is 31.2 Å². The van der Waals surface area contributed by atoms with E-state index in [4.69, 9.17) is 4.74 Å². The highest BCUT2D eigenvalue weighted by Gasteiger charge is 2.18. The normalized spacial score (nSPS) is 16.1. The van der Waals surface area contributed by atoms with Crippen LogP contribution in [0.25, 0.3) is 10.6 Å². The average Bonchev–Trinajstić information content (AvgIpc) is 3.02. The lowest BCUT2D eigenvalue weighted by Gasteiger charge is -2.09. The molecule has 0 bridgehead atoms. The third-order valence-corrected chi connectivity index (χ3v) is 4.20. The van der Waals surface area contributed by atoms with E-state index in [2.05, 4.69) is 16.9 Å². The summed E-state index contributed by atoms with van der Waals surface area (Å²) in [4.78, 5) is 8.72. The van der Waals surface area contributed by atoms with Crippen LogP contribution in [-0.2, 0) is 0 Å². The molecule has 1 aliphatic carbocycles. The minimum Gasteiger partial charge on any atom is -0.474 e. The Balaban J connectivity index is 1.79. The van der Waals surface area contributed by atoms with Gasteiger partial charge in [0.25, 0.3) is 0 Å². The van der Waals surface area contributed by atoms with Crippen molar-refractivity contribution in [2.75, 3.05) is 0 Å². The molecule has 2 aromatic rings. The SMILES string of the molecule is Cc1ccncc1-c1nc(OC2CCCC2)cs1. The zero-order chi connectivity index (χ0) is 12.4. The van der Waals surface area contributed by atoms with Crippen LogP contribution < -0.4 is 4.74 Å². The standard InChI is InChI=1S/C14H16N2OS/c1-10-6-7-15-8-12(10)14-16-13(9-18-14)17-11-4-2-3-5-11/h6-9,11H,2-5H2,1H3. The zero-order valence-corrected chi connectivity index (χ0v) is 11.2. The largest absolute Gasteiger partial charge is 0.474 e. The molecule has 1 fully saturated rings. The summed E-state index contributed by atoms with van der Waals surface area (Å²) in [5.41, 5.74) is 2.30. The van der Waals surface area contributed by atoms with E-state index in [1.807, 2.05) is 23.8 Å². The van der Waals surface area contributed by atoms with Crippen LogP contribution in [0.2, 0.25) is 0 Å². The molecule has 0 radical (unpaired) electrons. The van der Waals surface area contributed by atoms with Gasteiger partial charge in [0, 0.05) is 18.0 Å². The van der Waals surface area contributed by atoms with Gasteiger partial charge < -0.3 is 4.74 Å². The Morgan fingerprint density at radius 1 is 1.33 bits per heavy atom. The Labute approximate surface area is 111 Å². The summed E-state index contributed by atoms with van der Waals surface area (Å²) in [5, 5.41) is 2.99. The van der Waals surface area contributed by atoms with Crippen LogP contribution in [0.1, 0.15) is 31.2 Å². The molecule has 2 heterocycles. The van der Waals surface area contributed by atoms with Gasteiger partial charge in [0.2, 0.25) is 5.88 Å². The minimum atomic E-state index is 0.370. The number of hydrogen-bond donors (Lipinski definition) is 0. The van der Waals surface area contributed by atoms with Crippen molar-refractivity contribution in [1.82, 2.24) is 9.97 Å². The maximum Gasteiger partial charge on any atom is 0.225 e. The zero-order valence-electron chi connectivity index (χ0n) is 10.4. The first-order valence-electron chi connectivity index (χ1n) is 6.36. The molecule has 0 aromatic carbocycles. The van der Waals surface area contributed by atoms with E-state index in [0.717, 1.165) is 16.5 Å². The first kappa shape index (κ1) is 11.7. The van der Waals surface area contributed by atoms with Crippen molar-refractivity contribution in [3.63, 3.8) is 0 Å². The fraction of sp³-hybridized carbons (Fsp3) is 0.429. The van der Waals surface area contributed by atoms with E-state index in [-0.39, 0.29) is 0 Å². The maximum absolute atomic E-state index is 5.90. The molecular formula is C14H16N2OS. The molecule has 0 atom stereocenters. The highest BCUT2D eigenvalue weighted by atomic mass is 32.1. The Bertz CT molecular complexity index is 532. The molecule has 0 amide bonds. The fourth-order valence-electron chi connectivity index (χ4n) is 2.30. The molecule has 1 saturated carbocycles. The molecule has 3 rings (SSSR count). The summed E-state index contributed by atoms with van der Waals surface area (Å²) >= 11 is 1.62. The number of aryl methyl sites for hydroxylation is 1. The summed E-state index contributed by atoms with van der Waals surface area (Å²) < 4.78 is 5.90. The van der Waals surface area contributed by atoms with Gasteiger partial charge in [0.15, 0.2) is 0 Å². The smallest absolute Gasteiger partial charge is 0.225 e. The quantitative estimate of drug-likeness (QED) is 0.841. The third kappa shape index (κ3) is 2.38. The van der Waals surface area contributed by atoms with Gasteiger partial charge >= 0.3 is 0 Å². The highest BCUT2D eigenvalue weighted by molar-refractivity contribution is 7.13. The summed E-state index contributed by atoms with van der Waals surface area (Å²) in [6, 6.07) is 2.01. The number of aromatic nitrogens is 2. The monoisotopic (exact) mass is 260 g/mol. The van der Waals surface area contributed by atoms with Crippen LogP contribution in [0.4, 0.5) is 0 Å². The van der Waals surface area contributed by atoms with Gasteiger partial charge in [-0.1, -0.05) is 0 Å². The van der Waals surface area contributed by atoms with Crippen LogP contribution in [0.3, 0.4) is 0 Å². The molecule has 3 nitrogen and oxygen atoms in total. The number of pyridine rings is 1. The molecule has 0 N–H and O–H groups in total. The second-order valence-corrected chi connectivity index (χ2v) is 5.56. The predicted molar refractivity (Wildman–Crippen MR) is 73.0 cm³/mol. The summed E-state index contributed by atoms with van der Waals surface area (Å²) in [6.45, 7) is 2.08. The lowest BCUT2D eigenvalue weighted by atomic mass is 10.2. The van der Waals surface area contributed by atoms with E-state index in [9.17, 15) is 0 Å². The first-order valence-corrected chi connectivity index (χ1v) is 7.24. The van der Waals surface area contributed by atoms with Gasteiger partial charge in [-0.15, -0.1) is 11.3 Å². The number of ether oxygens (including phenoxy) is 1. The molecule has 18 heavy (non-hydrogen) atoms. The second-order valence-electron chi connectivity index (χ2n) is 4.71. The Hall–Kier alpha value is -1.42. The topological polar surface area (TPSA) is 35.0 Å². The van der Waals surface area contributed by atoms with Crippen LogP contribution in [-0.4, -0.2) is 16.1 Å². The average molecular weight is 260 g/mol. The minimum absolute atomic E-state index is 0.370. The summed E-state index contributed by atoms with van der Waals surface area (Å²) in [7, 11) is 0. The second kappa shape index (κ2) is 5.06. The molecule has 4 heteroatoms. The van der Waals surface area contributed by atoms with Gasteiger partial charge in [-0.25, -0.2) is 4.98 Å². The predicted octanol–water partition coefficient (Wildman–Crippen LogP) is 3.83. The van der Waals surface area contributed by atoms with E-state index in [0.29, 0.717) is 6.10 Å². The molecule has 0 spiro atoms. The molecular weight excluding hydrogens is 244 g/mol. The van der Waals surface area contributed by atoms with Crippen molar-refractivity contribution >= 4 is 11.3 Å². The van der Waals surface area contributed by atoms with Crippen molar-refractivity contribution in [1.29, 1.82) is 0 Å². The Morgan fingerprint density at radius 3 is 2.94 bits per heavy atom. The van der Waals surface area contributed by atoms with Gasteiger partial charge in [0.1, 0.15) is 11.1 Å². The van der Waals surface area contributed by atoms with Gasteiger partial charge in [-0.2, -0.15) is 0 Å². The van der Waals surface area contributed by atoms with Crippen molar-refractivity contribution in [2.24, 2.45) is 0 Å². The van der Waals surface area contributed by atoms with Crippen molar-refractivity contribution < 1.29 is 4.74 Å². The fourth-order valence-corrected chi connectivity index (χ4v) is 3.11. The van der Waals surface area contributed by atoms with Crippen LogP contribution in [0.5, 0.6) is 5.88 Å². The Kier molecular flexibility index (Phi) is 3.28. The van der Waals surface area contributed by atoms with Crippen molar-refractivity contribution in [2.45, 2.75) is 38.7 Å². The van der Waals surface area contributed by atoms with Crippen molar-refractivity contribution in [3.8, 4) is 16.5 Å². The van der Waals surface area contributed by atoms with Crippen molar-refractivity contribution in [3.05, 3.63) is 29.4 Å². The molecule has 94 valence electrons. The van der Waals surface area contributed by atoms with Crippen LogP contribution in [0.15, 0.2) is 23.8 Å².